The van der Waals surface area contributed by atoms with Crippen molar-refractivity contribution >= 4 is 11.9 Å². The normalized spacial score (nSPS) is 13.3. The first-order valence-electron chi connectivity index (χ1n) is 25.1. The molecule has 0 rings (SSSR count). The lowest BCUT2D eigenvalue weighted by atomic mass is 10.1. The fourth-order valence-electron chi connectivity index (χ4n) is 6.48. The molecule has 0 aliphatic heterocycles. The van der Waals surface area contributed by atoms with Crippen molar-refractivity contribution in [3.05, 3.63) is 122 Å². The summed E-state index contributed by atoms with van der Waals surface area (Å²) in [6, 6.07) is 0. The second-order valence-electron chi connectivity index (χ2n) is 16.2. The molecule has 0 bridgehead atoms. The minimum atomic E-state index is -0.794. The van der Waals surface area contributed by atoms with Gasteiger partial charge in [-0.05, 0) is 109 Å². The molecule has 0 heterocycles. The van der Waals surface area contributed by atoms with Crippen molar-refractivity contribution in [1.82, 2.24) is 0 Å². The first-order valence-corrected chi connectivity index (χ1v) is 25.1. The molecule has 0 aliphatic rings. The Morgan fingerprint density at radius 2 is 0.694 bits per heavy atom. The van der Waals surface area contributed by atoms with Gasteiger partial charge in [-0.3, -0.25) is 9.59 Å². The Kier molecular flexibility index (Phi) is 48.6. The van der Waals surface area contributed by atoms with Gasteiger partial charge in [0.15, 0.2) is 6.10 Å². The molecule has 62 heavy (non-hydrogen) atoms. The van der Waals surface area contributed by atoms with Gasteiger partial charge >= 0.3 is 11.9 Å². The number of esters is 2. The van der Waals surface area contributed by atoms with E-state index in [0.29, 0.717) is 12.8 Å². The van der Waals surface area contributed by atoms with Crippen molar-refractivity contribution in [3.63, 3.8) is 0 Å². The molecule has 0 fully saturated rings. The van der Waals surface area contributed by atoms with Crippen LogP contribution in [0.25, 0.3) is 0 Å². The molecule has 0 amide bonds. The number of hydrogen-bond donors (Lipinski definition) is 1. The van der Waals surface area contributed by atoms with E-state index in [1.54, 1.807) is 0 Å². The lowest BCUT2D eigenvalue weighted by Crippen LogP contribution is -2.28. The van der Waals surface area contributed by atoms with Crippen LogP contribution in [0.1, 0.15) is 206 Å². The summed E-state index contributed by atoms with van der Waals surface area (Å²) in [7, 11) is 0. The van der Waals surface area contributed by atoms with Crippen molar-refractivity contribution in [2.45, 2.75) is 213 Å². The van der Waals surface area contributed by atoms with Gasteiger partial charge in [0, 0.05) is 12.8 Å². The van der Waals surface area contributed by atoms with Crippen LogP contribution in [0.15, 0.2) is 122 Å². The Labute approximate surface area is 382 Å². The maximum atomic E-state index is 12.3. The average molecular weight is 857 g/mol. The molecule has 0 saturated heterocycles. The van der Waals surface area contributed by atoms with Crippen LogP contribution in [-0.4, -0.2) is 36.4 Å². The molecule has 1 N–H and O–H groups in total. The molecule has 0 spiro atoms. The van der Waals surface area contributed by atoms with Crippen LogP contribution < -0.4 is 0 Å². The van der Waals surface area contributed by atoms with Crippen LogP contribution in [-0.2, 0) is 19.1 Å². The minimum absolute atomic E-state index is 0.0851. The highest BCUT2D eigenvalue weighted by Gasteiger charge is 2.16. The Balaban J connectivity index is 3.66. The minimum Gasteiger partial charge on any atom is -0.462 e. The number of rotatable bonds is 44. The van der Waals surface area contributed by atoms with Gasteiger partial charge in [0.1, 0.15) is 6.61 Å². The van der Waals surface area contributed by atoms with E-state index in [4.69, 9.17) is 9.47 Å². The Hall–Kier alpha value is -3.70. The molecular formula is C57H92O5. The molecule has 350 valence electrons. The SMILES string of the molecule is CC/C=C\C/C=C\C/C=C\C/C=C\C/C=C\C/C=C\C/C=C\C/C=C\C/C=C\CCCCCCCC(=O)OC(CO)COC(=O)CCCCCCC/C=C\CCCCCCCC. The van der Waals surface area contributed by atoms with Crippen LogP contribution in [0.4, 0.5) is 0 Å². The predicted octanol–water partition coefficient (Wildman–Crippen LogP) is 16.7. The lowest BCUT2D eigenvalue weighted by Gasteiger charge is -2.15. The molecule has 5 nitrogen and oxygen atoms in total. The first kappa shape index (κ1) is 58.3. The van der Waals surface area contributed by atoms with E-state index >= 15 is 0 Å². The third-order valence-electron chi connectivity index (χ3n) is 10.2. The summed E-state index contributed by atoms with van der Waals surface area (Å²) in [5.41, 5.74) is 0. The van der Waals surface area contributed by atoms with E-state index in [-0.39, 0.29) is 25.2 Å². The van der Waals surface area contributed by atoms with Gasteiger partial charge in [-0.2, -0.15) is 0 Å². The van der Waals surface area contributed by atoms with Gasteiger partial charge in [0.05, 0.1) is 6.61 Å². The molecule has 0 aliphatic carbocycles. The van der Waals surface area contributed by atoms with Crippen molar-refractivity contribution < 1.29 is 24.2 Å². The molecule has 0 aromatic rings. The Bertz CT molecular complexity index is 1290. The fourth-order valence-corrected chi connectivity index (χ4v) is 6.48. The van der Waals surface area contributed by atoms with Crippen molar-refractivity contribution in [3.8, 4) is 0 Å². The zero-order valence-electron chi connectivity index (χ0n) is 39.8. The van der Waals surface area contributed by atoms with Crippen molar-refractivity contribution in [2.24, 2.45) is 0 Å². The van der Waals surface area contributed by atoms with Crippen LogP contribution in [0.2, 0.25) is 0 Å². The smallest absolute Gasteiger partial charge is 0.306 e. The number of aliphatic hydroxyl groups excluding tert-OH is 1. The monoisotopic (exact) mass is 857 g/mol. The Morgan fingerprint density at radius 1 is 0.387 bits per heavy atom. The summed E-state index contributed by atoms with van der Waals surface area (Å²) in [6.07, 6.45) is 75.7. The van der Waals surface area contributed by atoms with E-state index in [2.05, 4.69) is 135 Å². The Morgan fingerprint density at radius 3 is 1.06 bits per heavy atom. The molecule has 0 aromatic heterocycles. The van der Waals surface area contributed by atoms with Crippen LogP contribution in [0.5, 0.6) is 0 Å². The zero-order chi connectivity index (χ0) is 44.9. The molecule has 0 aromatic carbocycles. The van der Waals surface area contributed by atoms with Gasteiger partial charge in [-0.15, -0.1) is 0 Å². The second-order valence-corrected chi connectivity index (χ2v) is 16.2. The van der Waals surface area contributed by atoms with Gasteiger partial charge in [-0.25, -0.2) is 0 Å². The summed E-state index contributed by atoms with van der Waals surface area (Å²) in [5, 5.41) is 9.61. The summed E-state index contributed by atoms with van der Waals surface area (Å²) in [5.74, 6) is -0.631. The van der Waals surface area contributed by atoms with E-state index in [0.717, 1.165) is 122 Å². The van der Waals surface area contributed by atoms with Crippen molar-refractivity contribution in [1.29, 1.82) is 0 Å². The van der Waals surface area contributed by atoms with E-state index < -0.39 is 6.10 Å². The van der Waals surface area contributed by atoms with Crippen LogP contribution >= 0.6 is 0 Å². The molecule has 0 saturated carbocycles. The molecular weight excluding hydrogens is 765 g/mol. The quantitative estimate of drug-likeness (QED) is 0.0375. The van der Waals surface area contributed by atoms with Crippen LogP contribution in [0.3, 0.4) is 0 Å². The number of carbonyl (C=O) groups excluding carboxylic acids is 2. The number of carbonyl (C=O) groups is 2. The standard InChI is InChI=1S/C57H92O5/c1-3-5-7-9-11-13-15-17-19-20-21-22-23-24-25-26-27-28-29-30-31-32-33-34-35-36-38-40-42-44-46-48-50-52-57(60)62-55(53-58)54-61-56(59)51-49-47-45-43-41-39-37-18-16-14-12-10-8-6-4-2/h5,7,11,13,17-19,21-22,24-25,27-28,30-31,33-34,36-38,55,58H,3-4,6,8-10,12,14-16,20,23,26,29,32,35,39-54H2,1-2H3/b7-5-,13-11-,19-17-,22-21-,25-24-,28-27-,31-30-,34-33-,37-18-,38-36-. The maximum absolute atomic E-state index is 12.3. The molecule has 0 radical (unpaired) electrons. The van der Waals surface area contributed by atoms with Crippen molar-refractivity contribution in [2.75, 3.05) is 13.2 Å². The van der Waals surface area contributed by atoms with Gasteiger partial charge in [0.2, 0.25) is 0 Å². The topological polar surface area (TPSA) is 72.8 Å². The summed E-state index contributed by atoms with van der Waals surface area (Å²) < 4.78 is 10.6. The second kappa shape index (κ2) is 51.6. The van der Waals surface area contributed by atoms with E-state index in [1.165, 1.54) is 57.8 Å². The number of allylic oxidation sites excluding steroid dienone is 20. The number of ether oxygens (including phenoxy) is 2. The summed E-state index contributed by atoms with van der Waals surface area (Å²) in [6.45, 7) is 3.99. The summed E-state index contributed by atoms with van der Waals surface area (Å²) in [4.78, 5) is 24.4. The highest BCUT2D eigenvalue weighted by molar-refractivity contribution is 5.70. The molecule has 1 atom stereocenters. The molecule has 5 heteroatoms. The number of unbranched alkanes of at least 4 members (excludes halogenated alkanes) is 16. The van der Waals surface area contributed by atoms with Gasteiger partial charge < -0.3 is 14.6 Å². The third kappa shape index (κ3) is 49.0. The van der Waals surface area contributed by atoms with E-state index in [9.17, 15) is 14.7 Å². The first-order chi connectivity index (χ1) is 30.6. The van der Waals surface area contributed by atoms with Gasteiger partial charge in [0.25, 0.3) is 0 Å². The highest BCUT2D eigenvalue weighted by atomic mass is 16.6. The van der Waals surface area contributed by atoms with Crippen LogP contribution in [0, 0.1) is 0 Å². The average Bonchev–Trinajstić information content (AvgIpc) is 3.28. The van der Waals surface area contributed by atoms with E-state index in [1.807, 2.05) is 0 Å². The summed E-state index contributed by atoms with van der Waals surface area (Å²) >= 11 is 0. The largest absolute Gasteiger partial charge is 0.462 e. The predicted molar refractivity (Wildman–Crippen MR) is 269 cm³/mol. The number of hydrogen-bond acceptors (Lipinski definition) is 5. The molecule has 1 unspecified atom stereocenters. The zero-order valence-corrected chi connectivity index (χ0v) is 39.8. The maximum Gasteiger partial charge on any atom is 0.306 e. The third-order valence-corrected chi connectivity index (χ3v) is 10.2. The van der Waals surface area contributed by atoms with Gasteiger partial charge in [-0.1, -0.05) is 206 Å². The highest BCUT2D eigenvalue weighted by Crippen LogP contribution is 2.12. The number of aliphatic hydroxyl groups is 1. The fraction of sp³-hybridized carbons (Fsp3) is 0.614. The lowest BCUT2D eigenvalue weighted by molar-refractivity contribution is -0.161.